The molecule has 1 aliphatic heterocycles. The maximum Gasteiger partial charge on any atom is 0.422 e. The third-order valence-electron chi connectivity index (χ3n) is 3.56. The number of hydrogen-bond donors (Lipinski definition) is 3. The number of carboxylic acids is 1. The van der Waals surface area contributed by atoms with Crippen LogP contribution in [0.3, 0.4) is 0 Å². The summed E-state index contributed by atoms with van der Waals surface area (Å²) >= 11 is 0. The molecule has 0 aromatic rings. The minimum absolute atomic E-state index is 0.106. The molecule has 1 heterocycles. The number of rotatable bonds is 5. The summed E-state index contributed by atoms with van der Waals surface area (Å²) in [4.78, 5) is 22.3. The van der Waals surface area contributed by atoms with Crippen LogP contribution in [0.4, 0.5) is 13.2 Å². The average Bonchev–Trinajstić information content (AvgIpc) is 2.36. The lowest BCUT2D eigenvalue weighted by molar-refractivity contribution is -0.207. The molecule has 0 aromatic carbocycles. The van der Waals surface area contributed by atoms with Crippen LogP contribution in [-0.4, -0.2) is 41.8 Å². The molecule has 2 atom stereocenters. The summed E-state index contributed by atoms with van der Waals surface area (Å²) in [6, 6.07) is 0. The van der Waals surface area contributed by atoms with Crippen LogP contribution in [0.2, 0.25) is 0 Å². The van der Waals surface area contributed by atoms with Gasteiger partial charge in [0.1, 0.15) is 0 Å². The van der Waals surface area contributed by atoms with Crippen molar-refractivity contribution in [3.05, 3.63) is 0 Å². The van der Waals surface area contributed by atoms with Crippen LogP contribution in [0.1, 0.15) is 32.6 Å². The highest BCUT2D eigenvalue weighted by Gasteiger charge is 2.58. The fourth-order valence-electron chi connectivity index (χ4n) is 2.09. The van der Waals surface area contributed by atoms with Gasteiger partial charge in [0, 0.05) is 6.42 Å². The smallest absolute Gasteiger partial charge is 0.422 e. The van der Waals surface area contributed by atoms with Gasteiger partial charge in [0.15, 0.2) is 0 Å². The van der Waals surface area contributed by atoms with Gasteiger partial charge in [-0.2, -0.15) is 13.2 Å². The monoisotopic (exact) mass is 296 g/mol. The maximum absolute atomic E-state index is 12.7. The number of carboxylic acid groups (broad SMARTS) is 1. The first-order valence-electron chi connectivity index (χ1n) is 6.48. The van der Waals surface area contributed by atoms with E-state index < -0.39 is 23.6 Å². The Bertz CT molecular complexity index is 367. The Morgan fingerprint density at radius 2 is 2.05 bits per heavy atom. The van der Waals surface area contributed by atoms with E-state index in [0.717, 1.165) is 25.9 Å². The van der Waals surface area contributed by atoms with Crippen molar-refractivity contribution in [3.63, 3.8) is 0 Å². The Morgan fingerprint density at radius 3 is 2.50 bits per heavy atom. The highest BCUT2D eigenvalue weighted by Crippen LogP contribution is 2.30. The zero-order valence-electron chi connectivity index (χ0n) is 11.2. The zero-order valence-corrected chi connectivity index (χ0v) is 11.2. The number of aliphatic carboxylic acids is 1. The van der Waals surface area contributed by atoms with Crippen molar-refractivity contribution < 1.29 is 27.9 Å². The van der Waals surface area contributed by atoms with Crippen LogP contribution in [-0.2, 0) is 9.59 Å². The number of carbonyl (C=O) groups excluding carboxylic acids is 1. The van der Waals surface area contributed by atoms with E-state index in [0.29, 0.717) is 13.3 Å². The summed E-state index contributed by atoms with van der Waals surface area (Å²) < 4.78 is 38.1. The van der Waals surface area contributed by atoms with E-state index in [1.165, 1.54) is 0 Å². The molecule has 0 radical (unpaired) electrons. The van der Waals surface area contributed by atoms with E-state index in [-0.39, 0.29) is 12.3 Å². The molecular weight excluding hydrogens is 277 g/mol. The first-order valence-corrected chi connectivity index (χ1v) is 6.48. The van der Waals surface area contributed by atoms with Crippen LogP contribution in [0.25, 0.3) is 0 Å². The lowest BCUT2D eigenvalue weighted by Gasteiger charge is -2.29. The number of piperidine rings is 1. The Morgan fingerprint density at radius 1 is 1.40 bits per heavy atom. The van der Waals surface area contributed by atoms with Crippen molar-refractivity contribution in [2.24, 2.45) is 5.92 Å². The highest BCUT2D eigenvalue weighted by atomic mass is 19.4. The summed E-state index contributed by atoms with van der Waals surface area (Å²) in [5.74, 6) is -2.76. The van der Waals surface area contributed by atoms with Crippen molar-refractivity contribution in [2.75, 3.05) is 13.1 Å². The van der Waals surface area contributed by atoms with Crippen molar-refractivity contribution in [1.82, 2.24) is 10.6 Å². The number of hydrogen-bond acceptors (Lipinski definition) is 3. The van der Waals surface area contributed by atoms with Gasteiger partial charge >= 0.3 is 12.1 Å². The molecule has 1 amide bonds. The van der Waals surface area contributed by atoms with E-state index in [2.05, 4.69) is 5.32 Å². The number of amides is 1. The molecule has 1 fully saturated rings. The number of carbonyl (C=O) groups is 2. The standard InChI is InChI=1S/C12H19F3N2O3/c1-11(10(19)20,12(13,14)15)17-9(18)5-4-8-3-2-6-16-7-8/h8,16H,2-7H2,1H3,(H,17,18)(H,19,20). The van der Waals surface area contributed by atoms with E-state index in [1.807, 2.05) is 0 Å². The van der Waals surface area contributed by atoms with Gasteiger partial charge in [0.2, 0.25) is 11.4 Å². The van der Waals surface area contributed by atoms with E-state index in [1.54, 1.807) is 5.32 Å². The Balaban J connectivity index is 2.52. The van der Waals surface area contributed by atoms with E-state index in [9.17, 15) is 22.8 Å². The Kier molecular flexibility index (Phi) is 5.38. The molecule has 20 heavy (non-hydrogen) atoms. The number of nitrogens with one attached hydrogen (secondary N) is 2. The highest BCUT2D eigenvalue weighted by molar-refractivity contribution is 5.87. The third-order valence-corrected chi connectivity index (χ3v) is 3.56. The minimum atomic E-state index is -5.04. The molecule has 8 heteroatoms. The van der Waals surface area contributed by atoms with Crippen LogP contribution in [0.5, 0.6) is 0 Å². The van der Waals surface area contributed by atoms with Gasteiger partial charge in [-0.25, -0.2) is 4.79 Å². The lowest BCUT2D eigenvalue weighted by atomic mass is 9.94. The van der Waals surface area contributed by atoms with Crippen LogP contribution in [0, 0.1) is 5.92 Å². The fourth-order valence-corrected chi connectivity index (χ4v) is 2.09. The van der Waals surface area contributed by atoms with Crippen LogP contribution in [0.15, 0.2) is 0 Å². The number of alkyl halides is 3. The summed E-state index contributed by atoms with van der Waals surface area (Å²) in [5.41, 5.74) is -3.24. The van der Waals surface area contributed by atoms with Crippen molar-refractivity contribution in [1.29, 1.82) is 0 Å². The summed E-state index contributed by atoms with van der Waals surface area (Å²) in [5, 5.41) is 13.4. The van der Waals surface area contributed by atoms with Gasteiger partial charge in [-0.15, -0.1) is 0 Å². The van der Waals surface area contributed by atoms with Crippen LogP contribution >= 0.6 is 0 Å². The van der Waals surface area contributed by atoms with Crippen LogP contribution < -0.4 is 10.6 Å². The maximum atomic E-state index is 12.7. The second kappa shape index (κ2) is 6.43. The van der Waals surface area contributed by atoms with E-state index in [4.69, 9.17) is 5.11 Å². The first-order chi connectivity index (χ1) is 9.17. The second-order valence-corrected chi connectivity index (χ2v) is 5.23. The molecule has 116 valence electrons. The summed E-state index contributed by atoms with van der Waals surface area (Å²) in [6.07, 6.45) is -2.80. The predicted molar refractivity (Wildman–Crippen MR) is 65.1 cm³/mol. The Hall–Kier alpha value is -1.31. The lowest BCUT2D eigenvalue weighted by Crippen LogP contribution is -2.61. The molecule has 0 aliphatic carbocycles. The molecule has 1 saturated heterocycles. The molecule has 0 aromatic heterocycles. The molecule has 1 aliphatic rings. The number of halogens is 3. The molecule has 1 rings (SSSR count). The van der Waals surface area contributed by atoms with Crippen molar-refractivity contribution >= 4 is 11.9 Å². The summed E-state index contributed by atoms with van der Waals surface area (Å²) in [7, 11) is 0. The zero-order chi connectivity index (χ0) is 15.4. The van der Waals surface area contributed by atoms with Gasteiger partial charge in [-0.05, 0) is 45.2 Å². The molecule has 0 bridgehead atoms. The first kappa shape index (κ1) is 16.7. The van der Waals surface area contributed by atoms with Gasteiger partial charge in [-0.3, -0.25) is 4.79 Å². The molecule has 3 N–H and O–H groups in total. The molecular formula is C12H19F3N2O3. The quantitative estimate of drug-likeness (QED) is 0.714. The molecule has 2 unspecified atom stereocenters. The van der Waals surface area contributed by atoms with Gasteiger partial charge in [0.25, 0.3) is 0 Å². The Labute approximate surface area is 114 Å². The second-order valence-electron chi connectivity index (χ2n) is 5.23. The van der Waals surface area contributed by atoms with Crippen molar-refractivity contribution in [2.45, 2.75) is 44.3 Å². The molecule has 0 spiro atoms. The largest absolute Gasteiger partial charge is 0.479 e. The fraction of sp³-hybridized carbons (Fsp3) is 0.833. The summed E-state index contributed by atoms with van der Waals surface area (Å²) in [6.45, 7) is 2.10. The van der Waals surface area contributed by atoms with Crippen molar-refractivity contribution in [3.8, 4) is 0 Å². The van der Waals surface area contributed by atoms with Gasteiger partial charge < -0.3 is 15.7 Å². The topological polar surface area (TPSA) is 78.4 Å². The van der Waals surface area contributed by atoms with Gasteiger partial charge in [-0.1, -0.05) is 0 Å². The third kappa shape index (κ3) is 4.09. The SMILES string of the molecule is CC(NC(=O)CCC1CCCNC1)(C(=O)O)C(F)(F)F. The molecule has 0 saturated carbocycles. The minimum Gasteiger partial charge on any atom is -0.479 e. The van der Waals surface area contributed by atoms with E-state index >= 15 is 0 Å². The molecule has 5 nitrogen and oxygen atoms in total. The predicted octanol–water partition coefficient (Wildman–Crippen LogP) is 1.29. The van der Waals surface area contributed by atoms with Gasteiger partial charge in [0.05, 0.1) is 0 Å². The average molecular weight is 296 g/mol. The normalized spacial score (nSPS) is 22.9.